The zero-order chi connectivity index (χ0) is 20.4. The summed E-state index contributed by atoms with van der Waals surface area (Å²) < 4.78 is 10.9. The molecule has 0 heterocycles. The lowest BCUT2D eigenvalue weighted by atomic mass is 9.87. The molecule has 0 amide bonds. The SMILES string of the molecule is CCCCC(C)CC(C(=O)OCc1ccccc1)C(N)C(=O)OC(C)(C)C. The smallest absolute Gasteiger partial charge is 0.324 e. The molecule has 0 aromatic heterocycles. The lowest BCUT2D eigenvalue weighted by molar-refractivity contribution is -0.164. The fourth-order valence-electron chi connectivity index (χ4n) is 2.86. The van der Waals surface area contributed by atoms with Crippen LogP contribution in [0.4, 0.5) is 0 Å². The highest BCUT2D eigenvalue weighted by molar-refractivity contribution is 5.84. The third-order valence-electron chi connectivity index (χ3n) is 4.35. The molecule has 5 nitrogen and oxygen atoms in total. The highest BCUT2D eigenvalue weighted by atomic mass is 16.6. The zero-order valence-corrected chi connectivity index (χ0v) is 17.4. The van der Waals surface area contributed by atoms with Gasteiger partial charge in [-0.25, -0.2) is 0 Å². The molecule has 0 aliphatic carbocycles. The summed E-state index contributed by atoms with van der Waals surface area (Å²) in [5.74, 6) is -1.45. The minimum Gasteiger partial charge on any atom is -0.461 e. The number of carbonyl (C=O) groups is 2. The Morgan fingerprint density at radius 2 is 1.74 bits per heavy atom. The fourth-order valence-corrected chi connectivity index (χ4v) is 2.86. The maximum Gasteiger partial charge on any atom is 0.324 e. The van der Waals surface area contributed by atoms with Gasteiger partial charge < -0.3 is 15.2 Å². The lowest BCUT2D eigenvalue weighted by Crippen LogP contribution is -2.46. The van der Waals surface area contributed by atoms with Crippen LogP contribution < -0.4 is 5.73 Å². The number of nitrogens with two attached hydrogens (primary N) is 1. The molecule has 1 aromatic carbocycles. The summed E-state index contributed by atoms with van der Waals surface area (Å²) in [7, 11) is 0. The van der Waals surface area contributed by atoms with Crippen LogP contribution >= 0.6 is 0 Å². The Morgan fingerprint density at radius 3 is 2.30 bits per heavy atom. The predicted octanol–water partition coefficient (Wildman–Crippen LogP) is 4.23. The molecule has 0 fully saturated rings. The van der Waals surface area contributed by atoms with Crippen LogP contribution in [0, 0.1) is 11.8 Å². The number of hydrogen-bond donors (Lipinski definition) is 1. The summed E-state index contributed by atoms with van der Waals surface area (Å²) in [5.41, 5.74) is 6.39. The second-order valence-electron chi connectivity index (χ2n) is 8.24. The minimum atomic E-state index is -1.03. The molecule has 0 aliphatic heterocycles. The second kappa shape index (κ2) is 11.1. The van der Waals surface area contributed by atoms with Crippen LogP contribution in [0.15, 0.2) is 30.3 Å². The van der Waals surface area contributed by atoms with Gasteiger partial charge in [0.2, 0.25) is 0 Å². The van der Waals surface area contributed by atoms with Gasteiger partial charge >= 0.3 is 11.9 Å². The van der Waals surface area contributed by atoms with E-state index >= 15 is 0 Å². The van der Waals surface area contributed by atoms with Gasteiger partial charge in [-0.1, -0.05) is 63.4 Å². The maximum absolute atomic E-state index is 12.7. The lowest BCUT2D eigenvalue weighted by Gasteiger charge is -2.27. The van der Waals surface area contributed by atoms with Gasteiger partial charge in [-0.3, -0.25) is 9.59 Å². The molecule has 0 radical (unpaired) electrons. The summed E-state index contributed by atoms with van der Waals surface area (Å²) in [5, 5.41) is 0. The Hall–Kier alpha value is -1.88. The van der Waals surface area contributed by atoms with Crippen molar-refractivity contribution in [1.29, 1.82) is 0 Å². The second-order valence-corrected chi connectivity index (χ2v) is 8.24. The van der Waals surface area contributed by atoms with Gasteiger partial charge in [0, 0.05) is 0 Å². The molecular formula is C22H35NO4. The van der Waals surface area contributed by atoms with Crippen LogP contribution in [0.1, 0.15) is 65.9 Å². The summed E-state index contributed by atoms with van der Waals surface area (Å²) in [4.78, 5) is 25.1. The van der Waals surface area contributed by atoms with E-state index in [9.17, 15) is 9.59 Å². The van der Waals surface area contributed by atoms with Crippen LogP contribution in [-0.2, 0) is 25.7 Å². The largest absolute Gasteiger partial charge is 0.461 e. The number of ether oxygens (including phenoxy) is 2. The first-order chi connectivity index (χ1) is 12.6. The molecule has 3 unspecified atom stereocenters. The van der Waals surface area contributed by atoms with Crippen molar-refractivity contribution >= 4 is 11.9 Å². The van der Waals surface area contributed by atoms with Gasteiger partial charge in [0.1, 0.15) is 18.2 Å². The molecule has 2 N–H and O–H groups in total. The molecule has 0 saturated heterocycles. The third kappa shape index (κ3) is 9.05. The third-order valence-corrected chi connectivity index (χ3v) is 4.35. The standard InChI is InChI=1S/C22H35NO4/c1-6-7-11-16(2)14-18(19(23)21(25)27-22(3,4)5)20(24)26-15-17-12-9-8-10-13-17/h8-10,12-13,16,18-19H,6-7,11,14-15,23H2,1-5H3. The van der Waals surface area contributed by atoms with Gasteiger partial charge in [-0.2, -0.15) is 0 Å². The first-order valence-electron chi connectivity index (χ1n) is 9.83. The maximum atomic E-state index is 12.7. The Bertz CT molecular complexity index is 580. The van der Waals surface area contributed by atoms with Gasteiger partial charge in [0.25, 0.3) is 0 Å². The summed E-state index contributed by atoms with van der Waals surface area (Å²) in [6, 6.07) is 8.43. The first-order valence-corrected chi connectivity index (χ1v) is 9.83. The van der Waals surface area contributed by atoms with Crippen LogP contribution in [-0.4, -0.2) is 23.6 Å². The minimum absolute atomic E-state index is 0.167. The summed E-state index contributed by atoms with van der Waals surface area (Å²) >= 11 is 0. The Balaban J connectivity index is 2.81. The van der Waals surface area contributed by atoms with E-state index in [2.05, 4.69) is 13.8 Å². The molecule has 1 aromatic rings. The van der Waals surface area contributed by atoms with Crippen LogP contribution in [0.2, 0.25) is 0 Å². The van der Waals surface area contributed by atoms with Crippen molar-refractivity contribution in [2.24, 2.45) is 17.6 Å². The van der Waals surface area contributed by atoms with Crippen molar-refractivity contribution in [1.82, 2.24) is 0 Å². The number of hydrogen-bond acceptors (Lipinski definition) is 5. The number of unbranched alkanes of at least 4 members (excludes halogenated alkanes) is 1. The zero-order valence-electron chi connectivity index (χ0n) is 17.4. The van der Waals surface area contributed by atoms with Crippen molar-refractivity contribution in [3.05, 3.63) is 35.9 Å². The highest BCUT2D eigenvalue weighted by Crippen LogP contribution is 2.23. The van der Waals surface area contributed by atoms with E-state index in [4.69, 9.17) is 15.2 Å². The number of esters is 2. The Morgan fingerprint density at radius 1 is 1.11 bits per heavy atom. The Kier molecular flexibility index (Phi) is 9.50. The number of rotatable bonds is 10. The fraction of sp³-hybridized carbons (Fsp3) is 0.636. The molecule has 27 heavy (non-hydrogen) atoms. The number of carbonyl (C=O) groups excluding carboxylic acids is 2. The number of benzene rings is 1. The molecule has 3 atom stereocenters. The normalized spacial score (nSPS) is 14.9. The van der Waals surface area contributed by atoms with Crippen molar-refractivity contribution in [3.8, 4) is 0 Å². The van der Waals surface area contributed by atoms with Crippen LogP contribution in [0.3, 0.4) is 0 Å². The van der Waals surface area contributed by atoms with Crippen molar-refractivity contribution in [2.75, 3.05) is 0 Å². The molecule has 5 heteroatoms. The molecular weight excluding hydrogens is 342 g/mol. The van der Waals surface area contributed by atoms with Crippen molar-refractivity contribution in [2.45, 2.75) is 78.6 Å². The van der Waals surface area contributed by atoms with E-state index in [1.807, 2.05) is 30.3 Å². The molecule has 1 rings (SSSR count). The van der Waals surface area contributed by atoms with E-state index in [-0.39, 0.29) is 12.5 Å². The van der Waals surface area contributed by atoms with Gasteiger partial charge in [0.05, 0.1) is 5.92 Å². The van der Waals surface area contributed by atoms with Gasteiger partial charge in [-0.05, 0) is 38.7 Å². The highest BCUT2D eigenvalue weighted by Gasteiger charge is 2.35. The average Bonchev–Trinajstić information content (AvgIpc) is 2.61. The summed E-state index contributed by atoms with van der Waals surface area (Å²) in [6.07, 6.45) is 3.66. The van der Waals surface area contributed by atoms with Crippen molar-refractivity contribution in [3.63, 3.8) is 0 Å². The average molecular weight is 378 g/mol. The molecule has 152 valence electrons. The van der Waals surface area contributed by atoms with E-state index in [0.29, 0.717) is 6.42 Å². The van der Waals surface area contributed by atoms with Crippen molar-refractivity contribution < 1.29 is 19.1 Å². The van der Waals surface area contributed by atoms with Crippen LogP contribution in [0.25, 0.3) is 0 Å². The monoisotopic (exact) mass is 377 g/mol. The predicted molar refractivity (Wildman–Crippen MR) is 107 cm³/mol. The van der Waals surface area contributed by atoms with E-state index < -0.39 is 29.5 Å². The quantitative estimate of drug-likeness (QED) is 0.617. The van der Waals surface area contributed by atoms with Gasteiger partial charge in [0.15, 0.2) is 0 Å². The van der Waals surface area contributed by atoms with E-state index in [1.54, 1.807) is 20.8 Å². The molecule has 0 bridgehead atoms. The van der Waals surface area contributed by atoms with Gasteiger partial charge in [-0.15, -0.1) is 0 Å². The van der Waals surface area contributed by atoms with Crippen LogP contribution in [0.5, 0.6) is 0 Å². The first kappa shape index (κ1) is 23.2. The topological polar surface area (TPSA) is 78.6 Å². The molecule has 0 saturated carbocycles. The van der Waals surface area contributed by atoms with E-state index in [0.717, 1.165) is 24.8 Å². The summed E-state index contributed by atoms with van der Waals surface area (Å²) in [6.45, 7) is 9.72. The molecule has 0 aliphatic rings. The van der Waals surface area contributed by atoms with E-state index in [1.165, 1.54) is 0 Å². The Labute approximate surface area is 163 Å². The molecule has 0 spiro atoms.